The zero-order chi connectivity index (χ0) is 12.3. The number of rotatable bonds is 3. The van der Waals surface area contributed by atoms with Crippen molar-refractivity contribution in [2.75, 3.05) is 0 Å². The van der Waals surface area contributed by atoms with Crippen molar-refractivity contribution in [3.8, 4) is 10.4 Å². The molecule has 3 nitrogen and oxygen atoms in total. The highest BCUT2D eigenvalue weighted by Crippen LogP contribution is 2.29. The van der Waals surface area contributed by atoms with Crippen LogP contribution in [0, 0.1) is 10.1 Å². The quantitative estimate of drug-likeness (QED) is 0.613. The standard InChI is InChI=1S/C12H8ClNO2S/c13-10-3-1-9(2-4-10)12-6-5-11(17-12)7-8-14(15)16/h1-8H/b8-7+. The Kier molecular flexibility index (Phi) is 3.56. The molecule has 86 valence electrons. The molecule has 1 aromatic heterocycles. The Balaban J connectivity index is 2.23. The minimum absolute atomic E-state index is 0.471. The number of benzene rings is 1. The van der Waals surface area contributed by atoms with E-state index in [1.165, 1.54) is 17.4 Å². The molecule has 0 aliphatic rings. The maximum atomic E-state index is 10.2. The Labute approximate surface area is 107 Å². The van der Waals surface area contributed by atoms with Crippen molar-refractivity contribution in [3.05, 3.63) is 62.6 Å². The molecule has 17 heavy (non-hydrogen) atoms. The van der Waals surface area contributed by atoms with Crippen LogP contribution in [0.3, 0.4) is 0 Å². The molecule has 1 aromatic carbocycles. The summed E-state index contributed by atoms with van der Waals surface area (Å²) in [5, 5.41) is 10.9. The fourth-order valence-electron chi connectivity index (χ4n) is 1.35. The Hall–Kier alpha value is -1.65. The first-order valence-electron chi connectivity index (χ1n) is 4.82. The summed E-state index contributed by atoms with van der Waals surface area (Å²) in [5.41, 5.74) is 1.06. The molecule has 0 amide bonds. The van der Waals surface area contributed by atoms with Gasteiger partial charge in [-0.2, -0.15) is 0 Å². The molecule has 0 bridgehead atoms. The van der Waals surface area contributed by atoms with Crippen LogP contribution in [-0.4, -0.2) is 4.92 Å². The maximum Gasteiger partial charge on any atom is 0.235 e. The van der Waals surface area contributed by atoms with Crippen molar-refractivity contribution in [2.24, 2.45) is 0 Å². The van der Waals surface area contributed by atoms with Gasteiger partial charge in [0, 0.05) is 20.9 Å². The molecule has 0 aliphatic carbocycles. The Morgan fingerprint density at radius 2 is 1.88 bits per heavy atom. The molecule has 0 unspecified atom stereocenters. The largest absolute Gasteiger partial charge is 0.259 e. The molecule has 2 aromatic rings. The van der Waals surface area contributed by atoms with Gasteiger partial charge in [0.05, 0.1) is 4.92 Å². The fourth-order valence-corrected chi connectivity index (χ4v) is 2.38. The van der Waals surface area contributed by atoms with E-state index in [0.29, 0.717) is 5.02 Å². The van der Waals surface area contributed by atoms with Gasteiger partial charge in [0.25, 0.3) is 0 Å². The van der Waals surface area contributed by atoms with Crippen molar-refractivity contribution in [1.82, 2.24) is 0 Å². The Bertz CT molecular complexity index is 560. The lowest BCUT2D eigenvalue weighted by molar-refractivity contribution is -0.400. The second-order valence-corrected chi connectivity index (χ2v) is 4.86. The van der Waals surface area contributed by atoms with Gasteiger partial charge in [-0.1, -0.05) is 23.7 Å². The van der Waals surface area contributed by atoms with Gasteiger partial charge in [-0.25, -0.2) is 0 Å². The number of hydrogen-bond acceptors (Lipinski definition) is 3. The zero-order valence-corrected chi connectivity index (χ0v) is 10.2. The van der Waals surface area contributed by atoms with Crippen LogP contribution in [-0.2, 0) is 0 Å². The van der Waals surface area contributed by atoms with Gasteiger partial charge >= 0.3 is 0 Å². The van der Waals surface area contributed by atoms with Crippen molar-refractivity contribution in [1.29, 1.82) is 0 Å². The fraction of sp³-hybridized carbons (Fsp3) is 0. The van der Waals surface area contributed by atoms with Gasteiger partial charge in [-0.3, -0.25) is 10.1 Å². The highest BCUT2D eigenvalue weighted by molar-refractivity contribution is 7.16. The number of nitrogens with zero attached hydrogens (tertiary/aromatic N) is 1. The summed E-state index contributed by atoms with van der Waals surface area (Å²) < 4.78 is 0. The van der Waals surface area contributed by atoms with Crippen molar-refractivity contribution < 1.29 is 4.92 Å². The molecule has 0 N–H and O–H groups in total. The van der Waals surface area contributed by atoms with Crippen molar-refractivity contribution >= 4 is 29.0 Å². The lowest BCUT2D eigenvalue weighted by Gasteiger charge is -1.96. The number of thiophene rings is 1. The summed E-state index contributed by atoms with van der Waals surface area (Å²) in [7, 11) is 0. The summed E-state index contributed by atoms with van der Waals surface area (Å²) in [4.78, 5) is 11.6. The lowest BCUT2D eigenvalue weighted by atomic mass is 10.2. The molecule has 0 atom stereocenters. The lowest BCUT2D eigenvalue weighted by Crippen LogP contribution is -1.80. The topological polar surface area (TPSA) is 43.1 Å². The first kappa shape index (κ1) is 11.8. The first-order chi connectivity index (χ1) is 8.15. The van der Waals surface area contributed by atoms with E-state index in [-0.39, 0.29) is 0 Å². The zero-order valence-electron chi connectivity index (χ0n) is 8.67. The van der Waals surface area contributed by atoms with Crippen LogP contribution in [0.2, 0.25) is 5.02 Å². The molecule has 2 rings (SSSR count). The molecule has 1 heterocycles. The molecule has 0 saturated carbocycles. The third kappa shape index (κ3) is 3.15. The monoisotopic (exact) mass is 265 g/mol. The van der Waals surface area contributed by atoms with E-state index in [4.69, 9.17) is 11.6 Å². The van der Waals surface area contributed by atoms with Crippen LogP contribution in [0.15, 0.2) is 42.6 Å². The second kappa shape index (κ2) is 5.12. The predicted molar refractivity (Wildman–Crippen MR) is 70.8 cm³/mol. The predicted octanol–water partition coefficient (Wildman–Crippen LogP) is 4.32. The van der Waals surface area contributed by atoms with Crippen molar-refractivity contribution in [3.63, 3.8) is 0 Å². The molecule has 0 radical (unpaired) electrons. The van der Waals surface area contributed by atoms with Gasteiger partial charge < -0.3 is 0 Å². The van der Waals surface area contributed by atoms with E-state index >= 15 is 0 Å². The SMILES string of the molecule is O=[N+]([O-])/C=C/c1ccc(-c2ccc(Cl)cc2)s1. The molecular formula is C12H8ClNO2S. The van der Waals surface area contributed by atoms with Gasteiger partial charge in [-0.05, 0) is 29.8 Å². The highest BCUT2D eigenvalue weighted by Gasteiger charge is 2.01. The van der Waals surface area contributed by atoms with Crippen molar-refractivity contribution in [2.45, 2.75) is 0 Å². The Morgan fingerprint density at radius 1 is 1.18 bits per heavy atom. The highest BCUT2D eigenvalue weighted by atomic mass is 35.5. The van der Waals surface area contributed by atoms with Gasteiger partial charge in [-0.15, -0.1) is 11.3 Å². The van der Waals surface area contributed by atoms with E-state index < -0.39 is 4.92 Å². The van der Waals surface area contributed by atoms with E-state index in [2.05, 4.69) is 0 Å². The second-order valence-electron chi connectivity index (χ2n) is 3.31. The maximum absolute atomic E-state index is 10.2. The summed E-state index contributed by atoms with van der Waals surface area (Å²) >= 11 is 7.31. The summed E-state index contributed by atoms with van der Waals surface area (Å²) in [6.45, 7) is 0. The normalized spacial score (nSPS) is 10.9. The number of halogens is 1. The first-order valence-corrected chi connectivity index (χ1v) is 6.02. The number of hydrogen-bond donors (Lipinski definition) is 0. The average molecular weight is 266 g/mol. The molecule has 0 aliphatic heterocycles. The third-order valence-electron chi connectivity index (χ3n) is 2.12. The van der Waals surface area contributed by atoms with E-state index in [0.717, 1.165) is 21.5 Å². The van der Waals surface area contributed by atoms with Crippen LogP contribution in [0.5, 0.6) is 0 Å². The van der Waals surface area contributed by atoms with Gasteiger partial charge in [0.1, 0.15) is 0 Å². The molecule has 0 saturated heterocycles. The van der Waals surface area contributed by atoms with Crippen LogP contribution in [0.1, 0.15) is 4.88 Å². The van der Waals surface area contributed by atoms with Gasteiger partial charge in [0.15, 0.2) is 0 Å². The molecule has 0 fully saturated rings. The summed E-state index contributed by atoms with van der Waals surface area (Å²) in [6, 6.07) is 11.3. The Morgan fingerprint density at radius 3 is 2.53 bits per heavy atom. The summed E-state index contributed by atoms with van der Waals surface area (Å²) in [5.74, 6) is 0. The minimum Gasteiger partial charge on any atom is -0.259 e. The average Bonchev–Trinajstić information content (AvgIpc) is 2.76. The van der Waals surface area contributed by atoms with Gasteiger partial charge in [0.2, 0.25) is 6.20 Å². The smallest absolute Gasteiger partial charge is 0.235 e. The number of nitro groups is 1. The summed E-state index contributed by atoms with van der Waals surface area (Å²) in [6.07, 6.45) is 2.43. The molecule has 0 spiro atoms. The minimum atomic E-state index is -0.471. The van der Waals surface area contributed by atoms with Crippen LogP contribution in [0.25, 0.3) is 16.5 Å². The van der Waals surface area contributed by atoms with E-state index in [1.807, 2.05) is 36.4 Å². The van der Waals surface area contributed by atoms with Crippen LogP contribution >= 0.6 is 22.9 Å². The van der Waals surface area contributed by atoms with Crippen LogP contribution < -0.4 is 0 Å². The van der Waals surface area contributed by atoms with E-state index in [9.17, 15) is 10.1 Å². The third-order valence-corrected chi connectivity index (χ3v) is 3.47. The van der Waals surface area contributed by atoms with E-state index in [1.54, 1.807) is 0 Å². The molecular weight excluding hydrogens is 258 g/mol. The molecule has 5 heteroatoms. The van der Waals surface area contributed by atoms with Crippen LogP contribution in [0.4, 0.5) is 0 Å².